The first-order chi connectivity index (χ1) is 11.0. The molecule has 2 aromatic heterocycles. The number of halogens is 1. The lowest BCUT2D eigenvalue weighted by molar-refractivity contribution is -0.113. The predicted molar refractivity (Wildman–Crippen MR) is 81.9 cm³/mol. The minimum absolute atomic E-state index is 0.0388. The third-order valence-corrected chi connectivity index (χ3v) is 3.78. The van der Waals surface area contributed by atoms with Crippen molar-refractivity contribution in [1.82, 2.24) is 24.8 Å². The van der Waals surface area contributed by atoms with E-state index in [0.29, 0.717) is 10.8 Å². The number of benzene rings is 1. The van der Waals surface area contributed by atoms with Crippen molar-refractivity contribution in [3.63, 3.8) is 0 Å². The minimum atomic E-state index is -0.428. The van der Waals surface area contributed by atoms with E-state index in [-0.39, 0.29) is 28.7 Å². The fourth-order valence-corrected chi connectivity index (χ4v) is 2.48. The minimum Gasteiger partial charge on any atom is -0.325 e. The van der Waals surface area contributed by atoms with Gasteiger partial charge in [0.1, 0.15) is 11.5 Å². The topological polar surface area (TPSA) is 105 Å². The zero-order valence-electron chi connectivity index (χ0n) is 11.9. The van der Waals surface area contributed by atoms with Crippen molar-refractivity contribution in [2.24, 2.45) is 0 Å². The molecule has 2 N–H and O–H groups in total. The van der Waals surface area contributed by atoms with E-state index >= 15 is 0 Å². The van der Waals surface area contributed by atoms with Crippen molar-refractivity contribution in [2.45, 2.75) is 12.1 Å². The highest BCUT2D eigenvalue weighted by atomic mass is 32.2. The number of aryl methyl sites for hydroxylation is 1. The number of aromatic amines is 1. The molecule has 0 bridgehead atoms. The second-order valence-corrected chi connectivity index (χ2v) is 5.55. The number of nitrogens with one attached hydrogen (secondary N) is 2. The molecule has 0 aliphatic rings. The Hall–Kier alpha value is -2.75. The van der Waals surface area contributed by atoms with E-state index in [1.807, 2.05) is 0 Å². The van der Waals surface area contributed by atoms with Crippen LogP contribution >= 0.6 is 11.8 Å². The van der Waals surface area contributed by atoms with Crippen LogP contribution in [-0.4, -0.2) is 36.5 Å². The van der Waals surface area contributed by atoms with Gasteiger partial charge in [-0.3, -0.25) is 14.6 Å². The molecule has 3 rings (SSSR count). The summed E-state index contributed by atoms with van der Waals surface area (Å²) in [6.45, 7) is 1.56. The second-order valence-electron chi connectivity index (χ2n) is 4.60. The number of anilines is 1. The molecule has 8 nitrogen and oxygen atoms in total. The Bertz CT molecular complexity index is 938. The highest BCUT2D eigenvalue weighted by molar-refractivity contribution is 7.99. The molecular formula is C13H11FN6O2S. The molecule has 0 spiro atoms. The molecule has 0 aliphatic heterocycles. The smallest absolute Gasteiger partial charge is 0.273 e. The number of carbonyl (C=O) groups is 1. The van der Waals surface area contributed by atoms with Gasteiger partial charge in [0.2, 0.25) is 11.1 Å². The molecule has 0 saturated carbocycles. The quantitative estimate of drug-likeness (QED) is 0.690. The standard InChI is InChI=1S/C13H11FN6O2S/c1-7-11(22)16-12-17-18-13(20(12)19-7)23-6-10(21)15-9-4-2-3-8(14)5-9/h2-5H,6H2,1H3,(H,15,21)(H,16,17,22). The first-order valence-electron chi connectivity index (χ1n) is 6.53. The average Bonchev–Trinajstić information content (AvgIpc) is 2.88. The lowest BCUT2D eigenvalue weighted by Gasteiger charge is -2.04. The molecule has 0 unspecified atom stereocenters. The largest absolute Gasteiger partial charge is 0.325 e. The van der Waals surface area contributed by atoms with E-state index in [2.05, 4.69) is 25.6 Å². The molecule has 1 aromatic carbocycles. The van der Waals surface area contributed by atoms with Crippen LogP contribution in [0.15, 0.2) is 34.2 Å². The molecule has 0 atom stereocenters. The molecule has 2 heterocycles. The summed E-state index contributed by atoms with van der Waals surface area (Å²) in [6, 6.07) is 5.62. The highest BCUT2D eigenvalue weighted by Gasteiger charge is 2.12. The van der Waals surface area contributed by atoms with E-state index in [1.165, 1.54) is 22.7 Å². The van der Waals surface area contributed by atoms with Crippen molar-refractivity contribution < 1.29 is 9.18 Å². The fourth-order valence-electron chi connectivity index (χ4n) is 1.80. The summed E-state index contributed by atoms with van der Waals surface area (Å²) in [6.07, 6.45) is 0. The van der Waals surface area contributed by atoms with Crippen molar-refractivity contribution in [3.05, 3.63) is 46.1 Å². The SMILES string of the molecule is Cc1nn2c(SCC(=O)Nc3cccc(F)c3)nnc2[nH]c1=O. The van der Waals surface area contributed by atoms with Crippen LogP contribution in [0, 0.1) is 12.7 Å². The molecule has 3 aromatic rings. The average molecular weight is 334 g/mol. The van der Waals surface area contributed by atoms with Gasteiger partial charge in [0.05, 0.1) is 5.75 Å². The van der Waals surface area contributed by atoms with Crippen LogP contribution in [0.1, 0.15) is 5.69 Å². The maximum Gasteiger partial charge on any atom is 0.273 e. The summed E-state index contributed by atoms with van der Waals surface area (Å²) in [5.74, 6) is -0.508. The molecule has 0 saturated heterocycles. The molecule has 1 amide bonds. The monoisotopic (exact) mass is 334 g/mol. The van der Waals surface area contributed by atoms with Crippen molar-refractivity contribution >= 4 is 29.1 Å². The van der Waals surface area contributed by atoms with E-state index in [0.717, 1.165) is 11.8 Å². The Kier molecular flexibility index (Phi) is 4.06. The Morgan fingerprint density at radius 1 is 1.43 bits per heavy atom. The summed E-state index contributed by atoms with van der Waals surface area (Å²) in [7, 11) is 0. The molecule has 0 radical (unpaired) electrons. The second kappa shape index (κ2) is 6.16. The molecule has 0 aliphatic carbocycles. The summed E-state index contributed by atoms with van der Waals surface area (Å²) < 4.78 is 14.4. The Labute approximate surface area is 133 Å². The zero-order valence-corrected chi connectivity index (χ0v) is 12.7. The zero-order chi connectivity index (χ0) is 16.4. The van der Waals surface area contributed by atoms with Crippen LogP contribution in [0.25, 0.3) is 5.78 Å². The Morgan fingerprint density at radius 2 is 2.26 bits per heavy atom. The number of aromatic nitrogens is 5. The van der Waals surface area contributed by atoms with E-state index < -0.39 is 5.82 Å². The van der Waals surface area contributed by atoms with Crippen LogP contribution in [0.2, 0.25) is 0 Å². The first kappa shape index (κ1) is 15.2. The van der Waals surface area contributed by atoms with Gasteiger partial charge in [0.25, 0.3) is 11.3 Å². The third-order valence-electron chi connectivity index (χ3n) is 2.86. The molecule has 23 heavy (non-hydrogen) atoms. The number of thioether (sulfide) groups is 1. The van der Waals surface area contributed by atoms with Crippen molar-refractivity contribution in [1.29, 1.82) is 0 Å². The van der Waals surface area contributed by atoms with E-state index in [1.54, 1.807) is 13.0 Å². The number of rotatable bonds is 4. The Morgan fingerprint density at radius 3 is 3.04 bits per heavy atom. The van der Waals surface area contributed by atoms with Crippen LogP contribution < -0.4 is 10.9 Å². The normalized spacial score (nSPS) is 10.9. The lowest BCUT2D eigenvalue weighted by Crippen LogP contribution is -2.16. The summed E-state index contributed by atoms with van der Waals surface area (Å²) in [4.78, 5) is 25.9. The summed E-state index contributed by atoms with van der Waals surface area (Å²) in [5, 5.41) is 14.7. The van der Waals surface area contributed by atoms with Gasteiger partial charge in [-0.2, -0.15) is 9.61 Å². The van der Waals surface area contributed by atoms with Gasteiger partial charge in [-0.05, 0) is 25.1 Å². The number of hydrogen-bond donors (Lipinski definition) is 2. The van der Waals surface area contributed by atoms with Gasteiger partial charge in [0, 0.05) is 5.69 Å². The molecular weight excluding hydrogens is 323 g/mol. The van der Waals surface area contributed by atoms with Gasteiger partial charge < -0.3 is 5.32 Å². The van der Waals surface area contributed by atoms with Gasteiger partial charge in [-0.25, -0.2) is 4.39 Å². The number of nitrogens with zero attached hydrogens (tertiary/aromatic N) is 4. The maximum absolute atomic E-state index is 13.1. The number of amides is 1. The third kappa shape index (κ3) is 3.37. The van der Waals surface area contributed by atoms with Crippen molar-refractivity contribution in [3.8, 4) is 0 Å². The van der Waals surface area contributed by atoms with E-state index in [4.69, 9.17) is 0 Å². The number of carbonyl (C=O) groups excluding carboxylic acids is 1. The van der Waals surface area contributed by atoms with Crippen molar-refractivity contribution in [2.75, 3.05) is 11.1 Å². The van der Waals surface area contributed by atoms with Crippen LogP contribution in [-0.2, 0) is 4.79 Å². The van der Waals surface area contributed by atoms with Gasteiger partial charge in [-0.1, -0.05) is 17.8 Å². The number of fused-ring (bicyclic) bond motifs is 1. The van der Waals surface area contributed by atoms with E-state index in [9.17, 15) is 14.0 Å². The predicted octanol–water partition coefficient (Wildman–Crippen LogP) is 0.991. The number of H-pyrrole nitrogens is 1. The molecule has 10 heteroatoms. The van der Waals surface area contributed by atoms with Gasteiger partial charge >= 0.3 is 0 Å². The van der Waals surface area contributed by atoms with Crippen LogP contribution in [0.3, 0.4) is 0 Å². The highest BCUT2D eigenvalue weighted by Crippen LogP contribution is 2.16. The molecule has 118 valence electrons. The first-order valence-corrected chi connectivity index (χ1v) is 7.52. The number of hydrogen-bond acceptors (Lipinski definition) is 6. The van der Waals surface area contributed by atoms with Gasteiger partial charge in [0.15, 0.2) is 0 Å². The Balaban J connectivity index is 1.69. The fraction of sp³-hybridized carbons (Fsp3) is 0.154. The summed E-state index contributed by atoms with van der Waals surface area (Å²) >= 11 is 1.10. The van der Waals surface area contributed by atoms with Gasteiger partial charge in [-0.15, -0.1) is 10.2 Å². The van der Waals surface area contributed by atoms with Crippen LogP contribution in [0.5, 0.6) is 0 Å². The lowest BCUT2D eigenvalue weighted by atomic mass is 10.3. The molecule has 0 fully saturated rings. The van der Waals surface area contributed by atoms with Crippen LogP contribution in [0.4, 0.5) is 10.1 Å². The summed E-state index contributed by atoms with van der Waals surface area (Å²) in [5.41, 5.74) is 0.300. The maximum atomic E-state index is 13.1.